The van der Waals surface area contributed by atoms with Gasteiger partial charge >= 0.3 is 0 Å². The molecule has 0 saturated heterocycles. The lowest BCUT2D eigenvalue weighted by Gasteiger charge is -2.01. The Labute approximate surface area is 133 Å². The molecule has 0 fully saturated rings. The van der Waals surface area contributed by atoms with E-state index in [1.165, 1.54) is 18.2 Å². The van der Waals surface area contributed by atoms with E-state index < -0.39 is 0 Å². The molecule has 2 aromatic carbocycles. The highest BCUT2D eigenvalue weighted by Gasteiger charge is 2.12. The second kappa shape index (κ2) is 5.72. The number of hydrogen-bond acceptors (Lipinski definition) is 4. The first-order valence-electron chi connectivity index (χ1n) is 7.40. The molecule has 4 heteroatoms. The van der Waals surface area contributed by atoms with E-state index in [-0.39, 0.29) is 17.2 Å². The van der Waals surface area contributed by atoms with Gasteiger partial charge in [-0.3, -0.25) is 0 Å². The summed E-state index contributed by atoms with van der Waals surface area (Å²) in [4.78, 5) is 0. The Hall–Kier alpha value is -2.88. The van der Waals surface area contributed by atoms with Gasteiger partial charge in [-0.05, 0) is 36.2 Å². The molecular weight excluding hydrogens is 292 g/mol. The molecule has 0 saturated carbocycles. The fraction of sp³-hybridized carbons (Fsp3) is 0.158. The Morgan fingerprint density at radius 1 is 0.870 bits per heavy atom. The minimum Gasteiger partial charge on any atom is -0.508 e. The third kappa shape index (κ3) is 3.16. The van der Waals surface area contributed by atoms with Crippen molar-refractivity contribution in [2.75, 3.05) is 0 Å². The number of allylic oxidation sites excluding steroid dienone is 1. The molecule has 23 heavy (non-hydrogen) atoms. The molecule has 118 valence electrons. The van der Waals surface area contributed by atoms with Crippen LogP contribution >= 0.6 is 0 Å². The van der Waals surface area contributed by atoms with Gasteiger partial charge in [-0.25, -0.2) is 0 Å². The number of benzene rings is 2. The Morgan fingerprint density at radius 2 is 1.52 bits per heavy atom. The molecule has 3 N–H and O–H groups in total. The summed E-state index contributed by atoms with van der Waals surface area (Å²) < 4.78 is 5.90. The summed E-state index contributed by atoms with van der Waals surface area (Å²) in [5.41, 5.74) is 2.00. The maximum Gasteiger partial charge on any atom is 0.142 e. The summed E-state index contributed by atoms with van der Waals surface area (Å²) in [7, 11) is 0. The van der Waals surface area contributed by atoms with Crippen LogP contribution in [0.25, 0.3) is 28.4 Å². The van der Waals surface area contributed by atoms with Gasteiger partial charge in [0.1, 0.15) is 28.6 Å². The van der Waals surface area contributed by atoms with Gasteiger partial charge in [0.15, 0.2) is 0 Å². The number of phenols is 3. The number of phenolic OH excluding ortho intramolecular Hbond substituents is 3. The zero-order chi connectivity index (χ0) is 16.6. The molecule has 4 nitrogen and oxygen atoms in total. The predicted octanol–water partition coefficient (Wildman–Crippen LogP) is 4.89. The van der Waals surface area contributed by atoms with E-state index in [0.29, 0.717) is 22.8 Å². The minimum absolute atomic E-state index is 0.0387. The Kier molecular flexibility index (Phi) is 3.74. The lowest BCUT2D eigenvalue weighted by Crippen LogP contribution is -1.79. The molecule has 3 aromatic rings. The topological polar surface area (TPSA) is 73.8 Å². The lowest BCUT2D eigenvalue weighted by molar-refractivity contribution is 0.450. The monoisotopic (exact) mass is 310 g/mol. The Morgan fingerprint density at radius 3 is 2.17 bits per heavy atom. The minimum atomic E-state index is -0.0387. The van der Waals surface area contributed by atoms with E-state index in [0.717, 1.165) is 10.9 Å². The van der Waals surface area contributed by atoms with Gasteiger partial charge in [0.05, 0.1) is 0 Å². The number of hydrogen-bond donors (Lipinski definition) is 3. The molecule has 3 rings (SSSR count). The Balaban J connectivity index is 2.16. The van der Waals surface area contributed by atoms with E-state index in [4.69, 9.17) is 4.42 Å². The normalized spacial score (nSPS) is 11.8. The van der Waals surface area contributed by atoms with Gasteiger partial charge in [-0.1, -0.05) is 26.0 Å². The molecule has 0 bridgehead atoms. The third-order valence-corrected chi connectivity index (χ3v) is 3.48. The van der Waals surface area contributed by atoms with Gasteiger partial charge in [0.25, 0.3) is 0 Å². The second-order valence-electron chi connectivity index (χ2n) is 5.91. The van der Waals surface area contributed by atoms with E-state index in [9.17, 15) is 15.3 Å². The summed E-state index contributed by atoms with van der Waals surface area (Å²) in [6, 6.07) is 9.33. The van der Waals surface area contributed by atoms with Crippen LogP contribution in [0.4, 0.5) is 0 Å². The van der Waals surface area contributed by atoms with Crippen LogP contribution in [0.2, 0.25) is 0 Å². The zero-order valence-electron chi connectivity index (χ0n) is 12.9. The average Bonchev–Trinajstić information content (AvgIpc) is 2.87. The SMILES string of the molecule is CC(C)/C=C/c1cc(O)cc2cc(-c3cc(O)cc(O)c3)oc12. The highest BCUT2D eigenvalue weighted by Crippen LogP contribution is 2.35. The van der Waals surface area contributed by atoms with Crippen LogP contribution < -0.4 is 0 Å². The lowest BCUT2D eigenvalue weighted by atomic mass is 10.1. The van der Waals surface area contributed by atoms with Gasteiger partial charge in [0.2, 0.25) is 0 Å². The molecule has 0 amide bonds. The van der Waals surface area contributed by atoms with Gasteiger partial charge < -0.3 is 19.7 Å². The summed E-state index contributed by atoms with van der Waals surface area (Å²) in [6.45, 7) is 4.14. The van der Waals surface area contributed by atoms with E-state index in [1.807, 2.05) is 12.2 Å². The molecule has 0 radical (unpaired) electrons. The molecule has 0 atom stereocenters. The quantitative estimate of drug-likeness (QED) is 0.644. The average molecular weight is 310 g/mol. The van der Waals surface area contributed by atoms with Crippen LogP contribution in [0, 0.1) is 5.92 Å². The molecular formula is C19H18O4. The molecule has 0 unspecified atom stereocenters. The molecule has 0 aliphatic heterocycles. The number of fused-ring (bicyclic) bond motifs is 1. The van der Waals surface area contributed by atoms with Crippen molar-refractivity contribution in [1.29, 1.82) is 0 Å². The summed E-state index contributed by atoms with van der Waals surface area (Å²) in [5.74, 6) is 0.972. The summed E-state index contributed by atoms with van der Waals surface area (Å²) >= 11 is 0. The number of rotatable bonds is 3. The highest BCUT2D eigenvalue weighted by atomic mass is 16.3. The summed E-state index contributed by atoms with van der Waals surface area (Å²) in [6.07, 6.45) is 3.94. The number of furan rings is 1. The molecule has 0 aliphatic carbocycles. The smallest absolute Gasteiger partial charge is 0.142 e. The van der Waals surface area contributed by atoms with Crippen molar-refractivity contribution < 1.29 is 19.7 Å². The first-order valence-corrected chi connectivity index (χ1v) is 7.40. The zero-order valence-corrected chi connectivity index (χ0v) is 12.9. The molecule has 0 spiro atoms. The first kappa shape index (κ1) is 15.0. The highest BCUT2D eigenvalue weighted by molar-refractivity contribution is 5.91. The maximum atomic E-state index is 9.89. The van der Waals surface area contributed by atoms with Crippen molar-refractivity contribution in [1.82, 2.24) is 0 Å². The van der Waals surface area contributed by atoms with Gasteiger partial charge in [0, 0.05) is 22.6 Å². The maximum absolute atomic E-state index is 9.89. The fourth-order valence-corrected chi connectivity index (χ4v) is 2.46. The van der Waals surface area contributed by atoms with Gasteiger partial charge in [-0.15, -0.1) is 0 Å². The first-order chi connectivity index (χ1) is 10.9. The van der Waals surface area contributed by atoms with E-state index in [2.05, 4.69) is 13.8 Å². The van der Waals surface area contributed by atoms with Crippen molar-refractivity contribution in [3.63, 3.8) is 0 Å². The van der Waals surface area contributed by atoms with Crippen LogP contribution in [0.1, 0.15) is 19.4 Å². The second-order valence-corrected chi connectivity index (χ2v) is 5.91. The standard InChI is InChI=1S/C19H18O4/c1-11(2)3-4-12-5-15(20)8-14-9-18(23-19(12)14)13-6-16(21)10-17(22)7-13/h3-11,20-22H,1-2H3/b4-3+. The van der Waals surface area contributed by atoms with Crippen molar-refractivity contribution in [3.05, 3.63) is 48.0 Å². The molecule has 1 aromatic heterocycles. The van der Waals surface area contributed by atoms with Crippen LogP contribution in [-0.2, 0) is 0 Å². The van der Waals surface area contributed by atoms with Crippen molar-refractivity contribution >= 4 is 17.0 Å². The van der Waals surface area contributed by atoms with Crippen LogP contribution in [0.3, 0.4) is 0 Å². The van der Waals surface area contributed by atoms with Gasteiger partial charge in [-0.2, -0.15) is 0 Å². The Bertz CT molecular complexity index is 868. The van der Waals surface area contributed by atoms with Crippen LogP contribution in [-0.4, -0.2) is 15.3 Å². The predicted molar refractivity (Wildman–Crippen MR) is 90.5 cm³/mol. The van der Waals surface area contributed by atoms with Crippen molar-refractivity contribution in [2.45, 2.75) is 13.8 Å². The van der Waals surface area contributed by atoms with Crippen molar-refractivity contribution in [2.24, 2.45) is 5.92 Å². The molecule has 0 aliphatic rings. The number of aromatic hydroxyl groups is 3. The van der Waals surface area contributed by atoms with Crippen molar-refractivity contribution in [3.8, 4) is 28.6 Å². The molecule has 1 heterocycles. The summed E-state index contributed by atoms with van der Waals surface area (Å²) in [5, 5.41) is 29.9. The van der Waals surface area contributed by atoms with E-state index in [1.54, 1.807) is 18.2 Å². The van der Waals surface area contributed by atoms with E-state index >= 15 is 0 Å². The van der Waals surface area contributed by atoms with Crippen LogP contribution in [0.5, 0.6) is 17.2 Å². The fourth-order valence-electron chi connectivity index (χ4n) is 2.46. The van der Waals surface area contributed by atoms with Crippen LogP contribution in [0.15, 0.2) is 46.9 Å². The third-order valence-electron chi connectivity index (χ3n) is 3.48. The largest absolute Gasteiger partial charge is 0.508 e.